The summed E-state index contributed by atoms with van der Waals surface area (Å²) in [5.41, 5.74) is 3.46. The number of hydrogen-bond acceptors (Lipinski definition) is 4. The molecule has 0 saturated carbocycles. The number of carbonyl (C=O) groups is 2. The first-order valence-electron chi connectivity index (χ1n) is 8.59. The van der Waals surface area contributed by atoms with E-state index in [-0.39, 0.29) is 11.7 Å². The fourth-order valence-electron chi connectivity index (χ4n) is 3.24. The number of imidazole rings is 1. The molecule has 1 aliphatic heterocycles. The van der Waals surface area contributed by atoms with Gasteiger partial charge in [0.1, 0.15) is 11.8 Å². The van der Waals surface area contributed by atoms with E-state index in [1.54, 1.807) is 24.5 Å². The Bertz CT molecular complexity index is 997. The molecular weight excluding hydrogens is 344 g/mol. The first kappa shape index (κ1) is 16.8. The highest BCUT2D eigenvalue weighted by atomic mass is 16.3. The molecule has 0 spiro atoms. The number of carbonyl (C=O) groups excluding carboxylic acids is 2. The second kappa shape index (κ2) is 6.95. The zero-order chi connectivity index (χ0) is 18.8. The molecule has 0 bridgehead atoms. The van der Waals surface area contributed by atoms with Gasteiger partial charge < -0.3 is 15.0 Å². The van der Waals surface area contributed by atoms with Crippen LogP contribution in [0.25, 0.3) is 11.3 Å². The first-order valence-corrected chi connectivity index (χ1v) is 8.59. The Kier molecular flexibility index (Phi) is 4.33. The van der Waals surface area contributed by atoms with Crippen molar-refractivity contribution in [3.05, 3.63) is 72.2 Å². The number of rotatable bonds is 5. The molecule has 4 rings (SSSR count). The predicted octanol–water partition coefficient (Wildman–Crippen LogP) is 2.05. The van der Waals surface area contributed by atoms with E-state index in [1.807, 2.05) is 41.0 Å². The minimum absolute atomic E-state index is 0.194. The Hall–Kier alpha value is -3.61. The molecule has 3 aromatic rings. The summed E-state index contributed by atoms with van der Waals surface area (Å²) in [7, 11) is 0. The zero-order valence-corrected chi connectivity index (χ0v) is 14.4. The van der Waals surface area contributed by atoms with Gasteiger partial charge in [-0.3, -0.25) is 10.1 Å². The molecule has 7 nitrogen and oxygen atoms in total. The quantitative estimate of drug-likeness (QED) is 0.605. The van der Waals surface area contributed by atoms with E-state index in [0.717, 1.165) is 22.5 Å². The molecule has 1 saturated heterocycles. The lowest BCUT2D eigenvalue weighted by molar-refractivity contribution is -0.120. The number of benzene rings is 2. The van der Waals surface area contributed by atoms with Gasteiger partial charge in [-0.2, -0.15) is 0 Å². The second-order valence-corrected chi connectivity index (χ2v) is 6.42. The molecule has 0 radical (unpaired) electrons. The monoisotopic (exact) mass is 362 g/mol. The Balaban J connectivity index is 1.71. The lowest BCUT2D eigenvalue weighted by Gasteiger charge is -2.13. The van der Waals surface area contributed by atoms with Crippen LogP contribution < -0.4 is 10.6 Å². The van der Waals surface area contributed by atoms with Crippen molar-refractivity contribution in [3.63, 3.8) is 0 Å². The van der Waals surface area contributed by atoms with Gasteiger partial charge in [0.15, 0.2) is 0 Å². The number of amides is 3. The molecular formula is C20H18N4O3. The smallest absolute Gasteiger partial charge is 0.322 e. The summed E-state index contributed by atoms with van der Waals surface area (Å²) in [6, 6.07) is 15.6. The molecule has 0 aliphatic carbocycles. The summed E-state index contributed by atoms with van der Waals surface area (Å²) in [5.74, 6) is -0.149. The minimum atomic E-state index is -0.639. The van der Waals surface area contributed by atoms with Gasteiger partial charge in [0.2, 0.25) is 0 Å². The largest absolute Gasteiger partial charge is 0.508 e. The van der Waals surface area contributed by atoms with Crippen molar-refractivity contribution in [2.75, 3.05) is 0 Å². The van der Waals surface area contributed by atoms with E-state index in [0.29, 0.717) is 13.0 Å². The molecule has 7 heteroatoms. The Morgan fingerprint density at radius 2 is 1.89 bits per heavy atom. The summed E-state index contributed by atoms with van der Waals surface area (Å²) in [6.07, 6.45) is 2.04. The molecule has 3 N–H and O–H groups in total. The van der Waals surface area contributed by atoms with Crippen molar-refractivity contribution in [1.82, 2.24) is 20.2 Å². The van der Waals surface area contributed by atoms with Gasteiger partial charge in [0, 0.05) is 24.2 Å². The summed E-state index contributed by atoms with van der Waals surface area (Å²) >= 11 is 0. The van der Waals surface area contributed by atoms with E-state index >= 15 is 0 Å². The molecule has 1 atom stereocenters. The van der Waals surface area contributed by atoms with Crippen LogP contribution in [0.3, 0.4) is 0 Å². The number of imide groups is 1. The topological polar surface area (TPSA) is 96.2 Å². The van der Waals surface area contributed by atoms with Crippen LogP contribution in [0.1, 0.15) is 11.3 Å². The normalized spacial score (nSPS) is 16.2. The van der Waals surface area contributed by atoms with Gasteiger partial charge in [0.05, 0.1) is 12.0 Å². The second-order valence-electron chi connectivity index (χ2n) is 6.42. The maximum absolute atomic E-state index is 12.0. The van der Waals surface area contributed by atoms with Crippen molar-refractivity contribution in [2.24, 2.45) is 0 Å². The lowest BCUT2D eigenvalue weighted by Crippen LogP contribution is -2.32. The summed E-state index contributed by atoms with van der Waals surface area (Å²) < 4.78 is 1.94. The fourth-order valence-corrected chi connectivity index (χ4v) is 3.24. The lowest BCUT2D eigenvalue weighted by atomic mass is 10.0. The third-order valence-electron chi connectivity index (χ3n) is 4.51. The van der Waals surface area contributed by atoms with Gasteiger partial charge in [0.25, 0.3) is 5.91 Å². The zero-order valence-electron chi connectivity index (χ0n) is 14.4. The van der Waals surface area contributed by atoms with Crippen molar-refractivity contribution >= 4 is 11.9 Å². The highest BCUT2D eigenvalue weighted by Gasteiger charge is 2.31. The fraction of sp³-hybridized carbons (Fsp3) is 0.150. The molecule has 136 valence electrons. The molecule has 2 aromatic carbocycles. The number of urea groups is 1. The van der Waals surface area contributed by atoms with Gasteiger partial charge in [-0.05, 0) is 17.7 Å². The molecule has 3 amide bonds. The summed E-state index contributed by atoms with van der Waals surface area (Å²) in [6.45, 7) is 0.492. The maximum atomic E-state index is 12.0. The number of aromatic hydroxyl groups is 1. The molecule has 27 heavy (non-hydrogen) atoms. The number of nitrogens with one attached hydrogen (secondary N) is 2. The van der Waals surface area contributed by atoms with E-state index in [4.69, 9.17) is 0 Å². The van der Waals surface area contributed by atoms with Crippen molar-refractivity contribution in [2.45, 2.75) is 19.0 Å². The van der Waals surface area contributed by atoms with Gasteiger partial charge in [-0.1, -0.05) is 42.5 Å². The van der Waals surface area contributed by atoms with E-state index in [1.165, 1.54) is 0 Å². The highest BCUT2D eigenvalue weighted by molar-refractivity contribution is 6.04. The van der Waals surface area contributed by atoms with Crippen molar-refractivity contribution < 1.29 is 14.7 Å². The number of phenolic OH excluding ortho intramolecular Hbond substituents is 1. The Morgan fingerprint density at radius 3 is 2.59 bits per heavy atom. The Labute approximate surface area is 155 Å². The summed E-state index contributed by atoms with van der Waals surface area (Å²) in [5, 5.41) is 14.6. The van der Waals surface area contributed by atoms with E-state index < -0.39 is 12.1 Å². The number of phenols is 1. The van der Waals surface area contributed by atoms with Crippen molar-refractivity contribution in [1.29, 1.82) is 0 Å². The molecule has 1 aliphatic rings. The summed E-state index contributed by atoms with van der Waals surface area (Å²) in [4.78, 5) is 28.0. The van der Waals surface area contributed by atoms with Crippen LogP contribution in [0.5, 0.6) is 5.75 Å². The highest BCUT2D eigenvalue weighted by Crippen LogP contribution is 2.25. The standard InChI is InChI=1S/C20H18N4O3/c25-15-8-4-5-13(9-15)11-24-12-21-18(14-6-2-1-3-7-14)17(24)10-16-19(26)23-20(27)22-16/h1-9,12,16,25H,10-11H2,(H2,22,23,26,27). The van der Waals surface area contributed by atoms with Crippen molar-refractivity contribution in [3.8, 4) is 17.0 Å². The van der Waals surface area contributed by atoms with Crippen LogP contribution >= 0.6 is 0 Å². The predicted molar refractivity (Wildman–Crippen MR) is 99.0 cm³/mol. The first-order chi connectivity index (χ1) is 13.1. The van der Waals surface area contributed by atoms with Crippen LogP contribution in [0.15, 0.2) is 60.9 Å². The molecule has 1 unspecified atom stereocenters. The van der Waals surface area contributed by atoms with Gasteiger partial charge in [-0.15, -0.1) is 0 Å². The minimum Gasteiger partial charge on any atom is -0.508 e. The SMILES string of the molecule is O=C1NC(=O)C(Cc2c(-c3ccccc3)ncn2Cc2cccc(O)c2)N1. The molecule has 1 aromatic heterocycles. The van der Waals surface area contributed by atoms with Crippen LogP contribution in [0.2, 0.25) is 0 Å². The average Bonchev–Trinajstić information content (AvgIpc) is 3.19. The molecule has 1 fully saturated rings. The third kappa shape index (κ3) is 3.52. The Morgan fingerprint density at radius 1 is 1.07 bits per heavy atom. The van der Waals surface area contributed by atoms with E-state index in [2.05, 4.69) is 15.6 Å². The number of nitrogens with zero attached hydrogens (tertiary/aromatic N) is 2. The van der Waals surface area contributed by atoms with Gasteiger partial charge in [-0.25, -0.2) is 9.78 Å². The van der Waals surface area contributed by atoms with Crippen LogP contribution in [-0.2, 0) is 17.8 Å². The number of hydrogen-bond donors (Lipinski definition) is 3. The number of aromatic nitrogens is 2. The third-order valence-corrected chi connectivity index (χ3v) is 4.51. The van der Waals surface area contributed by atoms with Gasteiger partial charge >= 0.3 is 6.03 Å². The van der Waals surface area contributed by atoms with Crippen LogP contribution in [0.4, 0.5) is 4.79 Å². The van der Waals surface area contributed by atoms with E-state index in [9.17, 15) is 14.7 Å². The molecule has 2 heterocycles. The van der Waals surface area contributed by atoms with Crippen LogP contribution in [0, 0.1) is 0 Å². The average molecular weight is 362 g/mol. The maximum Gasteiger partial charge on any atom is 0.322 e. The van der Waals surface area contributed by atoms with Crippen LogP contribution in [-0.4, -0.2) is 32.6 Å².